The molecule has 0 saturated heterocycles. The van der Waals surface area contributed by atoms with Crippen molar-refractivity contribution in [2.75, 3.05) is 14.2 Å². The van der Waals surface area contributed by atoms with Crippen LogP contribution < -0.4 is 4.74 Å². The Morgan fingerprint density at radius 3 is 2.29 bits per heavy atom. The molecule has 1 aliphatic rings. The van der Waals surface area contributed by atoms with Crippen LogP contribution in [0.4, 0.5) is 0 Å². The lowest BCUT2D eigenvalue weighted by Crippen LogP contribution is -2.40. The molecule has 1 unspecified atom stereocenters. The third-order valence-electron chi connectivity index (χ3n) is 3.76. The smallest absolute Gasteiger partial charge is 0.118 e. The Morgan fingerprint density at radius 1 is 1.24 bits per heavy atom. The van der Waals surface area contributed by atoms with Crippen molar-refractivity contribution in [3.8, 4) is 5.75 Å². The molecule has 1 aliphatic carbocycles. The van der Waals surface area contributed by atoms with E-state index in [1.165, 1.54) is 6.42 Å². The zero-order valence-electron chi connectivity index (χ0n) is 10.5. The fraction of sp³-hybridized carbons (Fsp3) is 0.571. The van der Waals surface area contributed by atoms with Crippen molar-refractivity contribution in [2.45, 2.75) is 37.4 Å². The van der Waals surface area contributed by atoms with Crippen LogP contribution in [0.15, 0.2) is 24.3 Å². The van der Waals surface area contributed by atoms with Crippen LogP contribution in [0.5, 0.6) is 5.75 Å². The van der Waals surface area contributed by atoms with Gasteiger partial charge in [-0.15, -0.1) is 0 Å². The van der Waals surface area contributed by atoms with E-state index in [1.54, 1.807) is 14.2 Å². The van der Waals surface area contributed by atoms with E-state index in [4.69, 9.17) is 9.47 Å². The van der Waals surface area contributed by atoms with Crippen LogP contribution in [0.2, 0.25) is 0 Å². The van der Waals surface area contributed by atoms with Crippen LogP contribution in [0.1, 0.15) is 37.4 Å². The molecule has 3 heteroatoms. The molecule has 0 spiro atoms. The van der Waals surface area contributed by atoms with E-state index in [-0.39, 0.29) is 5.60 Å². The molecule has 1 N–H and O–H groups in total. The lowest BCUT2D eigenvalue weighted by molar-refractivity contribution is -0.0999. The first-order valence-corrected chi connectivity index (χ1v) is 6.06. The van der Waals surface area contributed by atoms with Gasteiger partial charge in [0.2, 0.25) is 0 Å². The third kappa shape index (κ3) is 2.61. The molecule has 0 amide bonds. The highest BCUT2D eigenvalue weighted by Crippen LogP contribution is 2.41. The molecule has 0 aromatic heterocycles. The molecule has 0 radical (unpaired) electrons. The van der Waals surface area contributed by atoms with Crippen molar-refractivity contribution in [2.24, 2.45) is 0 Å². The molecule has 2 rings (SSSR count). The molecule has 0 bridgehead atoms. The van der Waals surface area contributed by atoms with E-state index in [1.807, 2.05) is 24.3 Å². The molecular weight excluding hydrogens is 216 g/mol. The summed E-state index contributed by atoms with van der Waals surface area (Å²) in [5.74, 6) is 0.811. The normalized spacial score (nSPS) is 19.5. The number of hydrogen-bond donors (Lipinski definition) is 1. The minimum Gasteiger partial charge on any atom is -0.497 e. The molecule has 1 atom stereocenters. The number of methoxy groups -OCH3 is 2. The molecule has 3 nitrogen and oxygen atoms in total. The van der Waals surface area contributed by atoms with Crippen molar-refractivity contribution in [1.29, 1.82) is 0 Å². The summed E-state index contributed by atoms with van der Waals surface area (Å²) in [7, 11) is 3.37. The Morgan fingerprint density at radius 2 is 1.88 bits per heavy atom. The van der Waals surface area contributed by atoms with Gasteiger partial charge < -0.3 is 14.6 Å². The van der Waals surface area contributed by atoms with Gasteiger partial charge in [0.1, 0.15) is 5.75 Å². The highest BCUT2D eigenvalue weighted by Gasteiger charge is 2.38. The monoisotopic (exact) mass is 236 g/mol. The zero-order chi connectivity index (χ0) is 12.3. The van der Waals surface area contributed by atoms with Gasteiger partial charge in [-0.2, -0.15) is 0 Å². The van der Waals surface area contributed by atoms with E-state index in [0.29, 0.717) is 6.42 Å². The summed E-state index contributed by atoms with van der Waals surface area (Å²) in [6, 6.07) is 7.56. The largest absolute Gasteiger partial charge is 0.497 e. The van der Waals surface area contributed by atoms with Crippen LogP contribution >= 0.6 is 0 Å². The number of rotatable bonds is 5. The van der Waals surface area contributed by atoms with Crippen LogP contribution in [0.25, 0.3) is 0 Å². The SMILES string of the molecule is COc1ccc(C(O)CC2(OC)CCC2)cc1. The first kappa shape index (κ1) is 12.4. The molecule has 17 heavy (non-hydrogen) atoms. The van der Waals surface area contributed by atoms with Gasteiger partial charge in [-0.25, -0.2) is 0 Å². The van der Waals surface area contributed by atoms with Crippen LogP contribution in [0.3, 0.4) is 0 Å². The fourth-order valence-corrected chi connectivity index (χ4v) is 2.36. The van der Waals surface area contributed by atoms with Crippen LogP contribution in [0, 0.1) is 0 Å². The Labute approximate surface area is 102 Å². The standard InChI is InChI=1S/C14H20O3/c1-16-12-6-4-11(5-7-12)13(15)10-14(17-2)8-3-9-14/h4-7,13,15H,3,8-10H2,1-2H3. The molecule has 1 saturated carbocycles. The first-order chi connectivity index (χ1) is 8.19. The van der Waals surface area contributed by atoms with Crippen LogP contribution in [-0.2, 0) is 4.74 Å². The average Bonchev–Trinajstić information content (AvgIpc) is 2.33. The van der Waals surface area contributed by atoms with Gasteiger partial charge in [-0.1, -0.05) is 12.1 Å². The number of benzene rings is 1. The Kier molecular flexibility index (Phi) is 3.69. The quantitative estimate of drug-likeness (QED) is 0.854. The second-order valence-electron chi connectivity index (χ2n) is 4.73. The van der Waals surface area contributed by atoms with E-state index in [2.05, 4.69) is 0 Å². The van der Waals surface area contributed by atoms with Crippen molar-refractivity contribution in [3.05, 3.63) is 29.8 Å². The minimum atomic E-state index is -0.457. The maximum absolute atomic E-state index is 10.2. The number of hydrogen-bond acceptors (Lipinski definition) is 3. The van der Waals surface area contributed by atoms with Crippen molar-refractivity contribution >= 4 is 0 Å². The highest BCUT2D eigenvalue weighted by atomic mass is 16.5. The number of ether oxygens (including phenoxy) is 2. The summed E-state index contributed by atoms with van der Waals surface area (Å²) < 4.78 is 10.6. The Bertz CT molecular complexity index is 349. The van der Waals surface area contributed by atoms with E-state index in [9.17, 15) is 5.11 Å². The lowest BCUT2D eigenvalue weighted by Gasteiger charge is -2.41. The lowest BCUT2D eigenvalue weighted by atomic mass is 9.75. The van der Waals surface area contributed by atoms with E-state index < -0.39 is 6.10 Å². The van der Waals surface area contributed by atoms with Gasteiger partial charge >= 0.3 is 0 Å². The molecule has 1 aromatic carbocycles. The predicted molar refractivity (Wildman–Crippen MR) is 66.2 cm³/mol. The van der Waals surface area contributed by atoms with Gasteiger partial charge in [0.25, 0.3) is 0 Å². The van der Waals surface area contributed by atoms with Gasteiger partial charge in [0.15, 0.2) is 0 Å². The van der Waals surface area contributed by atoms with Crippen molar-refractivity contribution in [3.63, 3.8) is 0 Å². The average molecular weight is 236 g/mol. The second-order valence-corrected chi connectivity index (χ2v) is 4.73. The number of aliphatic hydroxyl groups excluding tert-OH is 1. The minimum absolute atomic E-state index is 0.0979. The Hall–Kier alpha value is -1.06. The van der Waals surface area contributed by atoms with E-state index in [0.717, 1.165) is 24.2 Å². The van der Waals surface area contributed by atoms with Gasteiger partial charge in [-0.05, 0) is 37.0 Å². The summed E-state index contributed by atoms with van der Waals surface area (Å²) >= 11 is 0. The molecule has 0 aliphatic heterocycles. The van der Waals surface area contributed by atoms with E-state index >= 15 is 0 Å². The highest BCUT2D eigenvalue weighted by molar-refractivity contribution is 5.28. The summed E-state index contributed by atoms with van der Waals surface area (Å²) in [5.41, 5.74) is 0.827. The molecular formula is C14H20O3. The second kappa shape index (κ2) is 5.07. The first-order valence-electron chi connectivity index (χ1n) is 6.06. The zero-order valence-corrected chi connectivity index (χ0v) is 10.5. The molecule has 94 valence electrons. The fourth-order valence-electron chi connectivity index (χ4n) is 2.36. The predicted octanol–water partition coefficient (Wildman–Crippen LogP) is 2.69. The van der Waals surface area contributed by atoms with Crippen molar-refractivity contribution < 1.29 is 14.6 Å². The maximum Gasteiger partial charge on any atom is 0.118 e. The Balaban J connectivity index is 2.01. The summed E-state index contributed by atoms with van der Waals surface area (Å²) in [5, 5.41) is 10.2. The van der Waals surface area contributed by atoms with Gasteiger partial charge in [-0.3, -0.25) is 0 Å². The summed E-state index contributed by atoms with van der Waals surface area (Å²) in [6.45, 7) is 0. The summed E-state index contributed by atoms with van der Waals surface area (Å²) in [6.07, 6.45) is 3.52. The van der Waals surface area contributed by atoms with Crippen molar-refractivity contribution in [1.82, 2.24) is 0 Å². The van der Waals surface area contributed by atoms with Crippen LogP contribution in [-0.4, -0.2) is 24.9 Å². The molecule has 1 aromatic rings. The van der Waals surface area contributed by atoms with Gasteiger partial charge in [0.05, 0.1) is 18.8 Å². The summed E-state index contributed by atoms with van der Waals surface area (Å²) in [4.78, 5) is 0. The number of aliphatic hydroxyl groups is 1. The maximum atomic E-state index is 10.2. The molecule has 0 heterocycles. The van der Waals surface area contributed by atoms with Gasteiger partial charge in [0, 0.05) is 13.5 Å². The molecule has 1 fully saturated rings. The third-order valence-corrected chi connectivity index (χ3v) is 3.76. The topological polar surface area (TPSA) is 38.7 Å².